The molecule has 1 amide bonds. The topological polar surface area (TPSA) is 37.6 Å². The molecule has 1 aromatic carbocycles. The van der Waals surface area contributed by atoms with Crippen molar-refractivity contribution in [3.63, 3.8) is 0 Å². The molecule has 0 saturated heterocycles. The highest BCUT2D eigenvalue weighted by Crippen LogP contribution is 2.18. The van der Waals surface area contributed by atoms with E-state index >= 15 is 0 Å². The van der Waals surface area contributed by atoms with Crippen molar-refractivity contribution in [2.75, 3.05) is 13.1 Å². The zero-order valence-electron chi connectivity index (χ0n) is 14.0. The Balaban J connectivity index is 1.80. The third-order valence-electron chi connectivity index (χ3n) is 3.86. The number of fused-ring (bicyclic) bond motifs is 1. The number of benzene rings is 1. The predicted octanol–water partition coefficient (Wildman–Crippen LogP) is 4.27. The van der Waals surface area contributed by atoms with E-state index in [0.717, 1.165) is 29.2 Å². The van der Waals surface area contributed by atoms with Crippen molar-refractivity contribution in [3.8, 4) is 0 Å². The first-order valence-electron chi connectivity index (χ1n) is 8.13. The van der Waals surface area contributed by atoms with Crippen LogP contribution < -0.4 is 0 Å². The van der Waals surface area contributed by atoms with Crippen molar-refractivity contribution in [2.24, 2.45) is 0 Å². The van der Waals surface area contributed by atoms with Crippen LogP contribution in [0.1, 0.15) is 35.1 Å². The highest BCUT2D eigenvalue weighted by molar-refractivity contribution is 7.15. The van der Waals surface area contributed by atoms with Crippen LogP contribution in [0.15, 0.2) is 48.0 Å². The minimum Gasteiger partial charge on any atom is -0.334 e. The molecule has 5 heteroatoms. The summed E-state index contributed by atoms with van der Waals surface area (Å²) in [6, 6.07) is 10.1. The number of carbonyl (C=O) groups is 1. The first-order chi connectivity index (χ1) is 11.7. The molecule has 0 fully saturated rings. The van der Waals surface area contributed by atoms with Gasteiger partial charge in [0.2, 0.25) is 0 Å². The van der Waals surface area contributed by atoms with Crippen LogP contribution in [0.2, 0.25) is 0 Å². The van der Waals surface area contributed by atoms with Gasteiger partial charge in [0.15, 0.2) is 4.96 Å². The van der Waals surface area contributed by atoms with E-state index in [2.05, 4.69) is 30.1 Å². The molecule has 0 radical (unpaired) electrons. The van der Waals surface area contributed by atoms with Crippen LogP contribution in [-0.4, -0.2) is 33.3 Å². The maximum absolute atomic E-state index is 13.0. The summed E-state index contributed by atoms with van der Waals surface area (Å²) in [5.74, 6) is 0.0398. The van der Waals surface area contributed by atoms with Crippen molar-refractivity contribution in [1.82, 2.24) is 14.3 Å². The monoisotopic (exact) mass is 339 g/mol. The van der Waals surface area contributed by atoms with Crippen molar-refractivity contribution in [1.29, 1.82) is 0 Å². The first kappa shape index (κ1) is 16.5. The number of amides is 1. The lowest BCUT2D eigenvalue weighted by Crippen LogP contribution is -2.33. The molecule has 124 valence electrons. The van der Waals surface area contributed by atoms with Crippen molar-refractivity contribution < 1.29 is 4.79 Å². The smallest absolute Gasteiger partial charge is 0.273 e. The van der Waals surface area contributed by atoms with E-state index < -0.39 is 0 Å². The Morgan fingerprint density at radius 1 is 1.33 bits per heavy atom. The fourth-order valence-corrected chi connectivity index (χ4v) is 3.49. The summed E-state index contributed by atoms with van der Waals surface area (Å²) in [5, 5.41) is 1.96. The van der Waals surface area contributed by atoms with Gasteiger partial charge in [-0.25, -0.2) is 4.98 Å². The molecule has 0 aliphatic heterocycles. The third-order valence-corrected chi connectivity index (χ3v) is 4.61. The maximum atomic E-state index is 13.0. The number of carbonyl (C=O) groups excluding carboxylic acids is 1. The zero-order valence-corrected chi connectivity index (χ0v) is 14.8. The van der Waals surface area contributed by atoms with Crippen LogP contribution in [0.5, 0.6) is 0 Å². The van der Waals surface area contributed by atoms with Crippen LogP contribution in [-0.2, 0) is 0 Å². The fraction of sp³-hybridized carbons (Fsp3) is 0.263. The summed E-state index contributed by atoms with van der Waals surface area (Å²) < 4.78 is 1.89. The first-order valence-corrected chi connectivity index (χ1v) is 9.01. The Labute approximate surface area is 146 Å². The molecule has 0 aliphatic carbocycles. The fourth-order valence-electron chi connectivity index (χ4n) is 2.73. The number of rotatable bonds is 6. The molecule has 2 heterocycles. The Bertz CT molecular complexity index is 848. The van der Waals surface area contributed by atoms with Crippen molar-refractivity contribution in [2.45, 2.75) is 20.3 Å². The second kappa shape index (κ2) is 7.45. The van der Waals surface area contributed by atoms with Crippen LogP contribution in [0.25, 0.3) is 11.0 Å². The molecule has 3 rings (SSSR count). The number of aromatic nitrogens is 2. The highest BCUT2D eigenvalue weighted by atomic mass is 32.1. The maximum Gasteiger partial charge on any atom is 0.273 e. The van der Waals surface area contributed by atoms with Crippen molar-refractivity contribution in [3.05, 3.63) is 64.9 Å². The van der Waals surface area contributed by atoms with E-state index in [4.69, 9.17) is 0 Å². The molecule has 0 unspecified atom stereocenters. The lowest BCUT2D eigenvalue weighted by atomic mass is 10.2. The van der Waals surface area contributed by atoms with E-state index in [0.29, 0.717) is 12.2 Å². The second-order valence-electron chi connectivity index (χ2n) is 5.67. The van der Waals surface area contributed by atoms with Gasteiger partial charge in [-0.2, -0.15) is 0 Å². The molecule has 2 aromatic heterocycles. The SMILES string of the molecule is CCCN(C/C=C/c1ccccc1)C(=O)c1c(C)nc2sccn12. The van der Waals surface area contributed by atoms with E-state index in [1.54, 1.807) is 11.3 Å². The van der Waals surface area contributed by atoms with Gasteiger partial charge in [-0.3, -0.25) is 9.20 Å². The van der Waals surface area contributed by atoms with Crippen LogP contribution in [0.4, 0.5) is 0 Å². The van der Waals surface area contributed by atoms with E-state index in [1.807, 2.05) is 52.1 Å². The van der Waals surface area contributed by atoms with Gasteiger partial charge >= 0.3 is 0 Å². The van der Waals surface area contributed by atoms with Gasteiger partial charge < -0.3 is 4.90 Å². The lowest BCUT2D eigenvalue weighted by Gasteiger charge is -2.20. The summed E-state index contributed by atoms with van der Waals surface area (Å²) in [5.41, 5.74) is 2.61. The predicted molar refractivity (Wildman–Crippen MR) is 99.5 cm³/mol. The summed E-state index contributed by atoms with van der Waals surface area (Å²) in [7, 11) is 0. The average molecular weight is 339 g/mol. The van der Waals surface area contributed by atoms with E-state index in [-0.39, 0.29) is 5.91 Å². The summed E-state index contributed by atoms with van der Waals surface area (Å²) in [6.07, 6.45) is 6.94. The third kappa shape index (κ3) is 3.41. The normalized spacial score (nSPS) is 11.4. The Morgan fingerprint density at radius 2 is 2.12 bits per heavy atom. The molecule has 0 N–H and O–H groups in total. The molecular weight excluding hydrogens is 318 g/mol. The molecule has 0 saturated carbocycles. The minimum atomic E-state index is 0.0398. The Morgan fingerprint density at radius 3 is 2.88 bits per heavy atom. The number of thiazole rings is 1. The van der Waals surface area contributed by atoms with Crippen LogP contribution in [0.3, 0.4) is 0 Å². The molecular formula is C19H21N3OS. The zero-order chi connectivity index (χ0) is 16.9. The molecule has 4 nitrogen and oxygen atoms in total. The number of aryl methyl sites for hydroxylation is 1. The Hall–Kier alpha value is -2.40. The van der Waals surface area contributed by atoms with Crippen molar-refractivity contribution >= 4 is 28.3 Å². The second-order valence-corrected chi connectivity index (χ2v) is 6.54. The summed E-state index contributed by atoms with van der Waals surface area (Å²) in [4.78, 5) is 20.2. The minimum absolute atomic E-state index is 0.0398. The number of hydrogen-bond acceptors (Lipinski definition) is 3. The molecule has 0 aliphatic rings. The standard InChI is InChI=1S/C19H21N3OS/c1-3-11-21(12-7-10-16-8-5-4-6-9-16)18(23)17-15(2)20-19-22(17)13-14-24-19/h4-10,13-14H,3,11-12H2,1-2H3/b10-7+. The van der Waals surface area contributed by atoms with Gasteiger partial charge in [0.05, 0.1) is 5.69 Å². The van der Waals surface area contributed by atoms with Gasteiger partial charge in [0.25, 0.3) is 5.91 Å². The highest BCUT2D eigenvalue weighted by Gasteiger charge is 2.21. The van der Waals surface area contributed by atoms with Gasteiger partial charge in [0, 0.05) is 24.7 Å². The molecule has 0 atom stereocenters. The largest absolute Gasteiger partial charge is 0.334 e. The van der Waals surface area contributed by atoms with E-state index in [9.17, 15) is 4.79 Å². The quantitative estimate of drug-likeness (QED) is 0.672. The summed E-state index contributed by atoms with van der Waals surface area (Å²) >= 11 is 1.55. The van der Waals surface area contributed by atoms with Gasteiger partial charge in [-0.05, 0) is 18.9 Å². The number of imidazole rings is 1. The van der Waals surface area contributed by atoms with E-state index in [1.165, 1.54) is 0 Å². The molecule has 24 heavy (non-hydrogen) atoms. The number of hydrogen-bond donors (Lipinski definition) is 0. The van der Waals surface area contributed by atoms with Gasteiger partial charge in [-0.1, -0.05) is 49.4 Å². The Kier molecular flexibility index (Phi) is 5.11. The van der Waals surface area contributed by atoms with Crippen LogP contribution >= 0.6 is 11.3 Å². The number of nitrogens with zero attached hydrogens (tertiary/aromatic N) is 3. The lowest BCUT2D eigenvalue weighted by molar-refractivity contribution is 0.0766. The van der Waals surface area contributed by atoms with Gasteiger partial charge in [-0.15, -0.1) is 11.3 Å². The molecule has 3 aromatic rings. The average Bonchev–Trinajstić information content (AvgIpc) is 3.14. The summed E-state index contributed by atoms with van der Waals surface area (Å²) in [6.45, 7) is 5.31. The molecule has 0 bridgehead atoms. The molecule has 0 spiro atoms. The van der Waals surface area contributed by atoms with Gasteiger partial charge in [0.1, 0.15) is 5.69 Å². The van der Waals surface area contributed by atoms with Crippen LogP contribution in [0, 0.1) is 6.92 Å².